The van der Waals surface area contributed by atoms with Gasteiger partial charge in [-0.05, 0) is 0 Å². The molecule has 18 heteroatoms. The van der Waals surface area contributed by atoms with Gasteiger partial charge in [0, 0.05) is 7.05 Å². The molecular weight excluding hydrogens is 470 g/mol. The Kier molecular flexibility index (Phi) is 16.8. The second-order valence-electron chi connectivity index (χ2n) is 3.31. The molecule has 0 heterocycles. The topological polar surface area (TPSA) is 111 Å². The van der Waals surface area contributed by atoms with Crippen LogP contribution in [-0.4, -0.2) is 44.5 Å². The van der Waals surface area contributed by atoms with Gasteiger partial charge in [0.15, 0.2) is 0 Å². The first-order valence-electron chi connectivity index (χ1n) is 6.35. The first kappa shape index (κ1) is 34.2. The van der Waals surface area contributed by atoms with Gasteiger partial charge in [-0.15, -0.1) is 9.69 Å². The van der Waals surface area contributed by atoms with Gasteiger partial charge in [0.25, 0.3) is 6.67 Å². The number of hydrogen-bond donors (Lipinski definition) is 0. The van der Waals surface area contributed by atoms with Crippen LogP contribution < -0.4 is 0 Å². The molecule has 0 saturated heterocycles. The standard InChI is InChI=1S/C4N3.C3H3F6NO4S2.C3HN2.C2H6/c1-6-4(3-5)7-2;1-10(15(11,12)2(4,5)6)16(13,14)3(7,8)9;1-4-3-5-2;1-2/h;1H3;3H;1-2H3/q-1;;-1;. The highest BCUT2D eigenvalue weighted by atomic mass is 32.3. The van der Waals surface area contributed by atoms with E-state index in [0.29, 0.717) is 0 Å². The summed E-state index contributed by atoms with van der Waals surface area (Å²) in [6.07, 6.45) is 0. The number of rotatable bonds is 2. The van der Waals surface area contributed by atoms with Gasteiger partial charge in [0.2, 0.25) is 0 Å². The van der Waals surface area contributed by atoms with Crippen molar-refractivity contribution in [1.82, 2.24) is 3.71 Å². The quantitative estimate of drug-likeness (QED) is 0.342. The third kappa shape index (κ3) is 11.5. The lowest BCUT2D eigenvalue weighted by molar-refractivity contribution is -0.0523. The van der Waals surface area contributed by atoms with E-state index in [0.717, 1.165) is 6.67 Å². The fourth-order valence-electron chi connectivity index (χ4n) is 0.525. The van der Waals surface area contributed by atoms with E-state index in [1.807, 2.05) is 13.8 Å². The molecule has 0 unspecified atom stereocenters. The molecule has 0 aliphatic carbocycles. The van der Waals surface area contributed by atoms with Gasteiger partial charge in [-0.3, -0.25) is 13.1 Å². The van der Waals surface area contributed by atoms with Crippen molar-refractivity contribution in [2.45, 2.75) is 24.9 Å². The van der Waals surface area contributed by atoms with E-state index in [2.05, 4.69) is 19.4 Å². The first-order chi connectivity index (χ1) is 13.4. The van der Waals surface area contributed by atoms with Crippen LogP contribution in [0.4, 0.5) is 26.3 Å². The molecule has 10 nitrogen and oxygen atoms in total. The molecule has 0 aromatic heterocycles. The molecule has 0 spiro atoms. The molecule has 0 aliphatic rings. The van der Waals surface area contributed by atoms with Gasteiger partial charge in [-0.1, -0.05) is 17.6 Å². The lowest BCUT2D eigenvalue weighted by Crippen LogP contribution is -2.46. The number of sulfonamides is 2. The van der Waals surface area contributed by atoms with Crippen molar-refractivity contribution in [3.8, 4) is 0 Å². The second kappa shape index (κ2) is 14.7. The number of halogens is 6. The molecule has 0 aromatic carbocycles. The van der Waals surface area contributed by atoms with Crippen LogP contribution in [0.2, 0.25) is 0 Å². The van der Waals surface area contributed by atoms with E-state index < -0.39 is 40.6 Å². The van der Waals surface area contributed by atoms with Crippen LogP contribution in [0.15, 0.2) is 5.82 Å². The van der Waals surface area contributed by atoms with Crippen molar-refractivity contribution >= 4 is 25.9 Å². The lowest BCUT2D eigenvalue weighted by Gasteiger charge is -2.19. The van der Waals surface area contributed by atoms with Gasteiger partial charge >= 0.3 is 36.9 Å². The summed E-state index contributed by atoms with van der Waals surface area (Å²) in [7, 11) is -13.5. The molecule has 0 rings (SSSR count). The van der Waals surface area contributed by atoms with Crippen LogP contribution in [0.3, 0.4) is 0 Å². The highest BCUT2D eigenvalue weighted by Gasteiger charge is 2.59. The smallest absolute Gasteiger partial charge is 0.542 e. The van der Waals surface area contributed by atoms with Crippen LogP contribution in [0.1, 0.15) is 13.8 Å². The van der Waals surface area contributed by atoms with E-state index in [1.165, 1.54) is 5.87 Å². The predicted molar refractivity (Wildman–Crippen MR) is 91.6 cm³/mol. The minimum absolute atomic E-state index is 0.356. The van der Waals surface area contributed by atoms with Crippen LogP contribution in [0, 0.1) is 33.0 Å². The summed E-state index contributed by atoms with van der Waals surface area (Å²) in [6, 6.07) is 0. The molecule has 0 radical (unpaired) electrons. The molecule has 30 heavy (non-hydrogen) atoms. The van der Waals surface area contributed by atoms with Gasteiger partial charge in [0.05, 0.1) is 0 Å². The summed E-state index contributed by atoms with van der Waals surface area (Å²) >= 11 is 0. The van der Waals surface area contributed by atoms with Crippen LogP contribution >= 0.6 is 0 Å². The monoisotopic (exact) mass is 480 g/mol. The van der Waals surface area contributed by atoms with Gasteiger partial charge in [0.1, 0.15) is 13.1 Å². The maximum atomic E-state index is 11.7. The minimum Gasteiger partial charge on any atom is -0.769 e. The molecular formula is C12H10F6N6O4S2-2. The Labute approximate surface area is 168 Å². The summed E-state index contributed by atoms with van der Waals surface area (Å²) in [6.45, 7) is 29.0. The predicted octanol–water partition coefficient (Wildman–Crippen LogP) is 3.49. The van der Waals surface area contributed by atoms with Crippen molar-refractivity contribution < 1.29 is 43.2 Å². The second-order valence-corrected chi connectivity index (χ2v) is 7.47. The molecule has 0 aliphatic heterocycles. The summed E-state index contributed by atoms with van der Waals surface area (Å²) in [5, 5.41) is 7.81. The molecule has 0 amide bonds. The molecule has 0 bridgehead atoms. The van der Waals surface area contributed by atoms with E-state index in [-0.39, 0.29) is 7.05 Å². The van der Waals surface area contributed by atoms with Crippen molar-refractivity contribution in [1.29, 1.82) is 0 Å². The van der Waals surface area contributed by atoms with Crippen molar-refractivity contribution in [3.63, 3.8) is 0 Å². The SMILES string of the molecule is CC.CN(S(=O)(=O)C(F)(F)F)S(=O)(=O)C(F)(F)F.[C-]#[N+]C(=C=[N-])[N+]#[C-].[C-]#[N+][CH-][N+]#[C-]. The minimum atomic E-state index is -6.59. The normalized spacial score (nSPS) is 10.2. The average Bonchev–Trinajstić information content (AvgIpc) is 2.64. The third-order valence-corrected chi connectivity index (χ3v) is 5.39. The number of hydrogen-bond acceptors (Lipinski definition) is 4. The van der Waals surface area contributed by atoms with E-state index in [1.54, 1.807) is 0 Å². The maximum Gasteiger partial charge on any atom is 0.542 e. The molecule has 0 fully saturated rings. The lowest BCUT2D eigenvalue weighted by atomic mass is 10.8. The third-order valence-electron chi connectivity index (χ3n) is 1.69. The zero-order valence-corrected chi connectivity index (χ0v) is 16.6. The Hall–Kier alpha value is -3.28. The fourth-order valence-corrected chi connectivity index (χ4v) is 2.65. The molecule has 0 atom stereocenters. The Morgan fingerprint density at radius 1 is 0.867 bits per heavy atom. The van der Waals surface area contributed by atoms with Crippen LogP contribution in [0.25, 0.3) is 24.8 Å². The summed E-state index contributed by atoms with van der Waals surface area (Å²) in [5.74, 6) is 0.979. The van der Waals surface area contributed by atoms with E-state index in [9.17, 15) is 43.2 Å². The van der Waals surface area contributed by atoms with Gasteiger partial charge < -0.3 is 15.1 Å². The van der Waals surface area contributed by atoms with Crippen molar-refractivity contribution in [2.75, 3.05) is 7.05 Å². The molecule has 0 N–H and O–H groups in total. The maximum absolute atomic E-state index is 11.7. The molecule has 168 valence electrons. The van der Waals surface area contributed by atoms with Gasteiger partial charge in [-0.25, -0.2) is 16.8 Å². The summed E-state index contributed by atoms with van der Waals surface area (Å²) < 4.78 is 110. The summed E-state index contributed by atoms with van der Waals surface area (Å²) in [5.41, 5.74) is -12.3. The fraction of sp³-hybridized carbons (Fsp3) is 0.417. The van der Waals surface area contributed by atoms with Crippen molar-refractivity contribution in [3.05, 3.63) is 63.6 Å². The Balaban J connectivity index is -0.000000199. The van der Waals surface area contributed by atoms with E-state index in [4.69, 9.17) is 31.7 Å². The largest absolute Gasteiger partial charge is 0.769 e. The Morgan fingerprint density at radius 2 is 1.13 bits per heavy atom. The van der Waals surface area contributed by atoms with Crippen LogP contribution in [-0.2, 0) is 20.0 Å². The number of nitrogens with zero attached hydrogens (tertiary/aromatic N) is 6. The molecule has 0 saturated carbocycles. The average molecular weight is 480 g/mol. The zero-order valence-electron chi connectivity index (χ0n) is 15.0. The number of alkyl halides is 6. The van der Waals surface area contributed by atoms with E-state index >= 15 is 0 Å². The van der Waals surface area contributed by atoms with Crippen LogP contribution in [0.5, 0.6) is 0 Å². The first-order valence-corrected chi connectivity index (χ1v) is 9.23. The van der Waals surface area contributed by atoms with Crippen molar-refractivity contribution in [2.24, 2.45) is 0 Å². The Morgan fingerprint density at radius 3 is 1.20 bits per heavy atom. The summed E-state index contributed by atoms with van der Waals surface area (Å²) in [4.78, 5) is 10.4. The Bertz CT molecular complexity index is 897. The van der Waals surface area contributed by atoms with Gasteiger partial charge in [-0.2, -0.15) is 32.2 Å². The highest BCUT2D eigenvalue weighted by molar-refractivity contribution is 8.04. The highest BCUT2D eigenvalue weighted by Crippen LogP contribution is 2.33. The zero-order chi connectivity index (χ0) is 25.4. The molecule has 0 aromatic rings.